The molecule has 7 nitrogen and oxygen atoms in total. The van der Waals surface area contributed by atoms with Crippen molar-refractivity contribution >= 4 is 23.3 Å². The van der Waals surface area contributed by atoms with Crippen molar-refractivity contribution in [3.05, 3.63) is 30.0 Å². The van der Waals surface area contributed by atoms with Gasteiger partial charge in [-0.25, -0.2) is 4.79 Å². The van der Waals surface area contributed by atoms with Gasteiger partial charge in [0.2, 0.25) is 0 Å². The second kappa shape index (κ2) is 10.1. The van der Waals surface area contributed by atoms with Crippen LogP contribution >= 0.6 is 0 Å². The van der Waals surface area contributed by atoms with Gasteiger partial charge in [0.15, 0.2) is 0 Å². The molecule has 148 valence electrons. The minimum Gasteiger partial charge on any atom is -0.465 e. The zero-order valence-electron chi connectivity index (χ0n) is 16.2. The molecule has 2 rings (SSSR count). The molecular weight excluding hydrogens is 346 g/mol. The fourth-order valence-corrected chi connectivity index (χ4v) is 3.31. The van der Waals surface area contributed by atoms with E-state index in [9.17, 15) is 9.59 Å². The van der Waals surface area contributed by atoms with E-state index in [4.69, 9.17) is 9.84 Å². The monoisotopic (exact) mass is 375 g/mol. The number of carboxylic acid groups (broad SMARTS) is 1. The summed E-state index contributed by atoms with van der Waals surface area (Å²) in [5.41, 5.74) is 2.25. The molecule has 0 aliphatic carbocycles. The van der Waals surface area contributed by atoms with Crippen molar-refractivity contribution in [1.29, 1.82) is 0 Å². The molecule has 0 saturated heterocycles. The number of carbonyl (C=O) groups excluding carboxylic acids is 1. The first kappa shape index (κ1) is 20.9. The van der Waals surface area contributed by atoms with Crippen LogP contribution in [0.3, 0.4) is 0 Å². The number of amides is 1. The largest absolute Gasteiger partial charge is 0.465 e. The summed E-state index contributed by atoms with van der Waals surface area (Å²) < 4.78 is 7.10. The Morgan fingerprint density at radius 1 is 1.41 bits per heavy atom. The van der Waals surface area contributed by atoms with Crippen LogP contribution in [0.5, 0.6) is 0 Å². The number of hydrogen-bond acceptors (Lipinski definition) is 4. The van der Waals surface area contributed by atoms with Crippen molar-refractivity contribution in [3.63, 3.8) is 0 Å². The SMILES string of the molecule is COCCCn1ncc2ccc(C[C@@H](C[C@@H](C=O)NC(=O)O)C(C)C)cc21. The quantitative estimate of drug-likeness (QED) is 0.465. The topological polar surface area (TPSA) is 93.5 Å². The zero-order valence-corrected chi connectivity index (χ0v) is 16.2. The maximum absolute atomic E-state index is 11.2. The Kier molecular flexibility index (Phi) is 7.79. The number of aldehydes is 1. The molecule has 0 fully saturated rings. The van der Waals surface area contributed by atoms with Crippen molar-refractivity contribution in [3.8, 4) is 0 Å². The lowest BCUT2D eigenvalue weighted by Crippen LogP contribution is -2.37. The molecule has 0 aliphatic rings. The predicted molar refractivity (Wildman–Crippen MR) is 104 cm³/mol. The Morgan fingerprint density at radius 2 is 2.19 bits per heavy atom. The molecule has 0 spiro atoms. The summed E-state index contributed by atoms with van der Waals surface area (Å²) in [6.07, 6.45) is 3.54. The van der Waals surface area contributed by atoms with Crippen molar-refractivity contribution in [2.45, 2.75) is 45.7 Å². The van der Waals surface area contributed by atoms with Crippen molar-refractivity contribution in [1.82, 2.24) is 15.1 Å². The standard InChI is InChI=1S/C20H29N3O4/c1-14(2)17(11-18(13-24)22-20(25)26)9-15-5-6-16-12-21-23(19(16)10-15)7-4-8-27-3/h5-6,10,12-14,17-18,22H,4,7-9,11H2,1-3H3,(H,25,26)/t17-,18-/m0/s1. The number of aryl methyl sites for hydroxylation is 1. The van der Waals surface area contributed by atoms with Crippen LogP contribution in [0.15, 0.2) is 24.4 Å². The highest BCUT2D eigenvalue weighted by molar-refractivity contribution is 5.79. The first-order valence-corrected chi connectivity index (χ1v) is 9.32. The molecule has 1 aromatic heterocycles. The van der Waals surface area contributed by atoms with Crippen molar-refractivity contribution < 1.29 is 19.4 Å². The van der Waals surface area contributed by atoms with Crippen LogP contribution in [-0.4, -0.2) is 47.0 Å². The molecule has 1 amide bonds. The molecule has 0 aliphatic heterocycles. The number of hydrogen-bond donors (Lipinski definition) is 2. The molecule has 1 heterocycles. The average molecular weight is 375 g/mol. The summed E-state index contributed by atoms with van der Waals surface area (Å²) in [6, 6.07) is 5.61. The van der Waals surface area contributed by atoms with E-state index in [1.165, 1.54) is 0 Å². The van der Waals surface area contributed by atoms with Gasteiger partial charge < -0.3 is 20.0 Å². The number of aromatic nitrogens is 2. The molecule has 2 N–H and O–H groups in total. The number of rotatable bonds is 11. The molecule has 1 aromatic carbocycles. The lowest BCUT2D eigenvalue weighted by molar-refractivity contribution is -0.109. The Balaban J connectivity index is 2.14. The van der Waals surface area contributed by atoms with Crippen LogP contribution in [0, 0.1) is 11.8 Å². The number of benzene rings is 1. The van der Waals surface area contributed by atoms with E-state index in [1.54, 1.807) is 7.11 Å². The summed E-state index contributed by atoms with van der Waals surface area (Å²) in [5, 5.41) is 16.7. The van der Waals surface area contributed by atoms with Crippen LogP contribution in [0.2, 0.25) is 0 Å². The number of nitrogens with zero attached hydrogens (tertiary/aromatic N) is 2. The Hall–Kier alpha value is -2.41. The van der Waals surface area contributed by atoms with Gasteiger partial charge in [0.05, 0.1) is 17.8 Å². The minimum absolute atomic E-state index is 0.189. The summed E-state index contributed by atoms with van der Waals surface area (Å²) in [7, 11) is 1.69. The third-order valence-electron chi connectivity index (χ3n) is 4.90. The van der Waals surface area contributed by atoms with Crippen LogP contribution < -0.4 is 5.32 Å². The molecule has 0 radical (unpaired) electrons. The lowest BCUT2D eigenvalue weighted by atomic mass is 9.84. The maximum Gasteiger partial charge on any atom is 0.405 e. The summed E-state index contributed by atoms with van der Waals surface area (Å²) in [5.74, 6) is 0.514. The number of fused-ring (bicyclic) bond motifs is 1. The third-order valence-corrected chi connectivity index (χ3v) is 4.90. The molecule has 2 aromatic rings. The molecule has 2 atom stereocenters. The fraction of sp³-hybridized carbons (Fsp3) is 0.550. The fourth-order valence-electron chi connectivity index (χ4n) is 3.31. The maximum atomic E-state index is 11.2. The minimum atomic E-state index is -1.17. The van der Waals surface area contributed by atoms with Crippen molar-refractivity contribution in [2.75, 3.05) is 13.7 Å². The van der Waals surface area contributed by atoms with Crippen molar-refractivity contribution in [2.24, 2.45) is 11.8 Å². The Labute approximate surface area is 159 Å². The van der Waals surface area contributed by atoms with E-state index in [0.717, 1.165) is 35.9 Å². The highest BCUT2D eigenvalue weighted by atomic mass is 16.5. The molecule has 27 heavy (non-hydrogen) atoms. The van der Waals surface area contributed by atoms with E-state index in [-0.39, 0.29) is 5.92 Å². The first-order chi connectivity index (χ1) is 12.9. The highest BCUT2D eigenvalue weighted by Gasteiger charge is 2.21. The van der Waals surface area contributed by atoms with Crippen LogP contribution in [-0.2, 0) is 22.5 Å². The zero-order chi connectivity index (χ0) is 19.8. The van der Waals surface area contributed by atoms with E-state index in [1.807, 2.05) is 10.9 Å². The first-order valence-electron chi connectivity index (χ1n) is 9.32. The van der Waals surface area contributed by atoms with E-state index < -0.39 is 12.1 Å². The Morgan fingerprint density at radius 3 is 2.81 bits per heavy atom. The predicted octanol–water partition coefficient (Wildman–Crippen LogP) is 3.11. The van der Waals surface area contributed by atoms with Gasteiger partial charge in [-0.1, -0.05) is 26.0 Å². The van der Waals surface area contributed by atoms with E-state index >= 15 is 0 Å². The van der Waals surface area contributed by atoms with Gasteiger partial charge in [0, 0.05) is 25.6 Å². The van der Waals surface area contributed by atoms with Gasteiger partial charge in [-0.15, -0.1) is 0 Å². The Bertz CT molecular complexity index is 757. The smallest absolute Gasteiger partial charge is 0.405 e. The summed E-state index contributed by atoms with van der Waals surface area (Å²) in [4.78, 5) is 22.1. The van der Waals surface area contributed by atoms with Crippen LogP contribution in [0.1, 0.15) is 32.3 Å². The number of carbonyl (C=O) groups is 2. The average Bonchev–Trinajstić information content (AvgIpc) is 3.02. The van der Waals surface area contributed by atoms with E-state index in [2.05, 4.69) is 42.5 Å². The normalized spacial score (nSPS) is 13.6. The second-order valence-corrected chi connectivity index (χ2v) is 7.24. The molecule has 7 heteroatoms. The van der Waals surface area contributed by atoms with Gasteiger partial charge in [0.25, 0.3) is 0 Å². The summed E-state index contributed by atoms with van der Waals surface area (Å²) in [6.45, 7) is 5.69. The van der Waals surface area contributed by atoms with Crippen LogP contribution in [0.25, 0.3) is 10.9 Å². The number of ether oxygens (including phenoxy) is 1. The molecule has 0 saturated carbocycles. The highest BCUT2D eigenvalue weighted by Crippen LogP contribution is 2.24. The lowest BCUT2D eigenvalue weighted by Gasteiger charge is -2.24. The van der Waals surface area contributed by atoms with Gasteiger partial charge in [-0.2, -0.15) is 5.10 Å². The van der Waals surface area contributed by atoms with Gasteiger partial charge in [-0.3, -0.25) is 4.68 Å². The van der Waals surface area contributed by atoms with Crippen LogP contribution in [0.4, 0.5) is 4.79 Å². The van der Waals surface area contributed by atoms with Gasteiger partial charge in [-0.05, 0) is 42.7 Å². The molecule has 0 unspecified atom stereocenters. The molecule has 0 bridgehead atoms. The summed E-state index contributed by atoms with van der Waals surface area (Å²) >= 11 is 0. The third kappa shape index (κ3) is 6.06. The van der Waals surface area contributed by atoms with Gasteiger partial charge in [0.1, 0.15) is 6.29 Å². The molecular formula is C20H29N3O4. The number of methoxy groups -OCH3 is 1. The number of nitrogens with one attached hydrogen (secondary N) is 1. The van der Waals surface area contributed by atoms with Gasteiger partial charge >= 0.3 is 6.09 Å². The second-order valence-electron chi connectivity index (χ2n) is 7.24. The van der Waals surface area contributed by atoms with E-state index in [0.29, 0.717) is 25.2 Å².